The smallest absolute Gasteiger partial charge is 0.308 e. The van der Waals surface area contributed by atoms with Gasteiger partial charge in [-0.25, -0.2) is 0 Å². The van der Waals surface area contributed by atoms with Crippen LogP contribution in [-0.4, -0.2) is 12.1 Å². The zero-order chi connectivity index (χ0) is 13.9. The summed E-state index contributed by atoms with van der Waals surface area (Å²) >= 11 is 0. The average Bonchev–Trinajstić information content (AvgIpc) is 2.25. The molecule has 4 unspecified atom stereocenters. The molecule has 1 fully saturated rings. The zero-order valence-corrected chi connectivity index (χ0v) is 13.0. The fourth-order valence-electron chi connectivity index (χ4n) is 2.79. The van der Waals surface area contributed by atoms with E-state index in [1.54, 1.807) is 0 Å². The third-order valence-corrected chi connectivity index (χ3v) is 4.42. The molecule has 0 amide bonds. The van der Waals surface area contributed by atoms with Gasteiger partial charge in [0, 0.05) is 0 Å². The molecular formula is C16H30O2. The van der Waals surface area contributed by atoms with Crippen molar-refractivity contribution in [3.05, 3.63) is 0 Å². The maximum absolute atomic E-state index is 11.9. The Morgan fingerprint density at radius 3 is 2.39 bits per heavy atom. The lowest BCUT2D eigenvalue weighted by atomic mass is 9.68. The molecule has 0 aromatic heterocycles. The van der Waals surface area contributed by atoms with E-state index in [0.29, 0.717) is 17.3 Å². The van der Waals surface area contributed by atoms with Crippen molar-refractivity contribution in [3.8, 4) is 0 Å². The van der Waals surface area contributed by atoms with Crippen molar-refractivity contribution in [2.45, 2.75) is 73.3 Å². The Balaban J connectivity index is 2.59. The lowest BCUT2D eigenvalue weighted by Gasteiger charge is -2.40. The van der Waals surface area contributed by atoms with Crippen molar-refractivity contribution in [3.63, 3.8) is 0 Å². The first-order valence-electron chi connectivity index (χ1n) is 7.44. The number of rotatable bonds is 3. The summed E-state index contributed by atoms with van der Waals surface area (Å²) in [7, 11) is 0. The Morgan fingerprint density at radius 2 is 1.89 bits per heavy atom. The van der Waals surface area contributed by atoms with Crippen LogP contribution in [-0.2, 0) is 9.53 Å². The van der Waals surface area contributed by atoms with E-state index in [2.05, 4.69) is 27.7 Å². The highest BCUT2D eigenvalue weighted by molar-refractivity contribution is 5.72. The van der Waals surface area contributed by atoms with Crippen molar-refractivity contribution >= 4 is 5.97 Å². The number of hydrogen-bond donors (Lipinski definition) is 0. The molecule has 1 aliphatic rings. The summed E-state index contributed by atoms with van der Waals surface area (Å²) in [5, 5.41) is 0. The second kappa shape index (κ2) is 6.08. The van der Waals surface area contributed by atoms with Crippen LogP contribution in [0.15, 0.2) is 0 Å². The van der Waals surface area contributed by atoms with E-state index in [0.717, 1.165) is 19.3 Å². The van der Waals surface area contributed by atoms with Gasteiger partial charge in [0.05, 0.1) is 5.92 Å². The van der Waals surface area contributed by atoms with E-state index < -0.39 is 0 Å². The topological polar surface area (TPSA) is 26.3 Å². The molecule has 2 heteroatoms. The summed E-state index contributed by atoms with van der Waals surface area (Å²) in [4.78, 5) is 11.9. The van der Waals surface area contributed by atoms with Crippen LogP contribution in [0.1, 0.15) is 67.2 Å². The first kappa shape index (κ1) is 15.5. The molecule has 0 heterocycles. The first-order chi connectivity index (χ1) is 8.24. The third kappa shape index (κ3) is 4.29. The molecule has 0 aromatic rings. The van der Waals surface area contributed by atoms with Crippen LogP contribution in [0.2, 0.25) is 0 Å². The fraction of sp³-hybridized carbons (Fsp3) is 0.938. The molecule has 0 aromatic carbocycles. The highest BCUT2D eigenvalue weighted by Crippen LogP contribution is 2.41. The van der Waals surface area contributed by atoms with E-state index in [9.17, 15) is 4.79 Å². The monoisotopic (exact) mass is 254 g/mol. The molecule has 106 valence electrons. The Labute approximate surface area is 112 Å². The minimum atomic E-state index is -0.00995. The molecule has 18 heavy (non-hydrogen) atoms. The van der Waals surface area contributed by atoms with Crippen LogP contribution in [0.4, 0.5) is 0 Å². The van der Waals surface area contributed by atoms with Gasteiger partial charge in [0.15, 0.2) is 0 Å². The summed E-state index contributed by atoms with van der Waals surface area (Å²) in [6.45, 7) is 13.2. The largest absolute Gasteiger partial charge is 0.462 e. The van der Waals surface area contributed by atoms with E-state index in [1.165, 1.54) is 6.42 Å². The summed E-state index contributed by atoms with van der Waals surface area (Å²) < 4.78 is 5.70. The van der Waals surface area contributed by atoms with Crippen LogP contribution in [0, 0.1) is 23.2 Å². The predicted octanol–water partition coefficient (Wildman–Crippen LogP) is 4.43. The minimum absolute atomic E-state index is 0.00995. The average molecular weight is 254 g/mol. The van der Waals surface area contributed by atoms with Crippen LogP contribution < -0.4 is 0 Å². The molecular weight excluding hydrogens is 224 g/mol. The summed E-state index contributed by atoms with van der Waals surface area (Å²) in [6, 6.07) is 0. The lowest BCUT2D eigenvalue weighted by molar-refractivity contribution is -0.157. The predicted molar refractivity (Wildman–Crippen MR) is 75.3 cm³/mol. The van der Waals surface area contributed by atoms with Crippen LogP contribution in [0.25, 0.3) is 0 Å². The molecule has 4 atom stereocenters. The molecule has 0 N–H and O–H groups in total. The van der Waals surface area contributed by atoms with Crippen molar-refractivity contribution in [2.75, 3.05) is 0 Å². The Bertz CT molecular complexity index is 277. The standard InChI is InChI=1S/C16H30O2/c1-7-12(3)15(17)18-14-9-11(2)8-13(10-14)16(4,5)6/h11-14H,7-10H2,1-6H3. The number of carbonyl (C=O) groups excluding carboxylic acids is 1. The quantitative estimate of drug-likeness (QED) is 0.697. The van der Waals surface area contributed by atoms with Crippen LogP contribution >= 0.6 is 0 Å². The fourth-order valence-corrected chi connectivity index (χ4v) is 2.79. The van der Waals surface area contributed by atoms with Gasteiger partial charge < -0.3 is 4.74 Å². The number of esters is 1. The number of hydrogen-bond acceptors (Lipinski definition) is 2. The van der Waals surface area contributed by atoms with E-state index in [4.69, 9.17) is 4.74 Å². The summed E-state index contributed by atoms with van der Waals surface area (Å²) in [5.74, 6) is 1.35. The molecule has 0 bridgehead atoms. The highest BCUT2D eigenvalue weighted by Gasteiger charge is 2.35. The Hall–Kier alpha value is -0.530. The number of carbonyl (C=O) groups is 1. The van der Waals surface area contributed by atoms with E-state index in [1.807, 2.05) is 13.8 Å². The molecule has 1 aliphatic carbocycles. The molecule has 0 spiro atoms. The van der Waals surface area contributed by atoms with Gasteiger partial charge in [-0.05, 0) is 42.9 Å². The maximum atomic E-state index is 11.9. The Morgan fingerprint density at radius 1 is 1.28 bits per heavy atom. The van der Waals surface area contributed by atoms with E-state index >= 15 is 0 Å². The van der Waals surface area contributed by atoms with Crippen molar-refractivity contribution in [2.24, 2.45) is 23.2 Å². The second-order valence-corrected chi connectivity index (χ2v) is 7.24. The lowest BCUT2D eigenvalue weighted by Crippen LogP contribution is -2.36. The van der Waals surface area contributed by atoms with Crippen LogP contribution in [0.5, 0.6) is 0 Å². The molecule has 2 nitrogen and oxygen atoms in total. The SMILES string of the molecule is CCC(C)C(=O)OC1CC(C)CC(C(C)(C)C)C1. The first-order valence-corrected chi connectivity index (χ1v) is 7.44. The van der Waals surface area contributed by atoms with Gasteiger partial charge in [-0.2, -0.15) is 0 Å². The van der Waals surface area contributed by atoms with Gasteiger partial charge in [-0.15, -0.1) is 0 Å². The van der Waals surface area contributed by atoms with Crippen molar-refractivity contribution in [1.82, 2.24) is 0 Å². The van der Waals surface area contributed by atoms with Gasteiger partial charge in [0.1, 0.15) is 6.10 Å². The highest BCUT2D eigenvalue weighted by atomic mass is 16.5. The third-order valence-electron chi connectivity index (χ3n) is 4.42. The van der Waals surface area contributed by atoms with Gasteiger partial charge in [-0.3, -0.25) is 4.79 Å². The van der Waals surface area contributed by atoms with Crippen molar-refractivity contribution in [1.29, 1.82) is 0 Å². The summed E-state index contributed by atoms with van der Waals surface area (Å²) in [5.41, 5.74) is 0.315. The van der Waals surface area contributed by atoms with Gasteiger partial charge in [-0.1, -0.05) is 41.5 Å². The molecule has 0 aliphatic heterocycles. The van der Waals surface area contributed by atoms with Crippen LogP contribution in [0.3, 0.4) is 0 Å². The second-order valence-electron chi connectivity index (χ2n) is 7.24. The zero-order valence-electron chi connectivity index (χ0n) is 13.0. The Kier molecular flexibility index (Phi) is 5.24. The molecule has 1 saturated carbocycles. The number of ether oxygens (including phenoxy) is 1. The normalized spacial score (nSPS) is 30.9. The van der Waals surface area contributed by atoms with Crippen molar-refractivity contribution < 1.29 is 9.53 Å². The van der Waals surface area contributed by atoms with E-state index in [-0.39, 0.29) is 18.0 Å². The van der Waals surface area contributed by atoms with Gasteiger partial charge in [0.2, 0.25) is 0 Å². The molecule has 1 rings (SSSR count). The minimum Gasteiger partial charge on any atom is -0.462 e. The summed E-state index contributed by atoms with van der Waals surface area (Å²) in [6.07, 6.45) is 4.34. The van der Waals surface area contributed by atoms with Gasteiger partial charge in [0.25, 0.3) is 0 Å². The van der Waals surface area contributed by atoms with Gasteiger partial charge >= 0.3 is 5.97 Å². The maximum Gasteiger partial charge on any atom is 0.308 e. The molecule has 0 radical (unpaired) electrons. The molecule has 0 saturated heterocycles.